The molecular weight excluding hydrogens is 464 g/mol. The van der Waals surface area contributed by atoms with Crippen LogP contribution in [-0.2, 0) is 11.2 Å². The van der Waals surface area contributed by atoms with E-state index in [1.54, 1.807) is 0 Å². The summed E-state index contributed by atoms with van der Waals surface area (Å²) < 4.78 is 0. The molecule has 1 amide bonds. The molecule has 0 radical (unpaired) electrons. The van der Waals surface area contributed by atoms with Crippen molar-refractivity contribution in [3.63, 3.8) is 0 Å². The molecule has 1 unspecified atom stereocenters. The Kier molecular flexibility index (Phi) is 5.91. The van der Waals surface area contributed by atoms with E-state index >= 15 is 0 Å². The van der Waals surface area contributed by atoms with Gasteiger partial charge in [-0.2, -0.15) is 4.98 Å². The number of nitrogens with one attached hydrogen (secondary N) is 2. The van der Waals surface area contributed by atoms with E-state index in [0.29, 0.717) is 18.9 Å². The van der Waals surface area contributed by atoms with Crippen molar-refractivity contribution in [3.05, 3.63) is 30.1 Å². The number of nitrogens with zero attached hydrogens (tertiary/aromatic N) is 6. The summed E-state index contributed by atoms with van der Waals surface area (Å²) in [5.41, 5.74) is 2.24. The summed E-state index contributed by atoms with van der Waals surface area (Å²) in [5, 5.41) is 6.48. The largest absolute Gasteiger partial charge is 0.370 e. The molecule has 3 saturated heterocycles. The average Bonchev–Trinajstić information content (AvgIpc) is 3.58. The van der Waals surface area contributed by atoms with Crippen LogP contribution in [0.2, 0.25) is 0 Å². The lowest BCUT2D eigenvalue weighted by molar-refractivity contribution is -0.124. The van der Waals surface area contributed by atoms with E-state index in [1.807, 2.05) is 18.5 Å². The maximum atomic E-state index is 12.7. The van der Waals surface area contributed by atoms with Gasteiger partial charge in [-0.1, -0.05) is 19.3 Å². The van der Waals surface area contributed by atoms with Gasteiger partial charge in [-0.25, -0.2) is 9.97 Å². The molecule has 37 heavy (non-hydrogen) atoms. The maximum absolute atomic E-state index is 12.7. The van der Waals surface area contributed by atoms with Crippen molar-refractivity contribution in [2.75, 3.05) is 47.8 Å². The highest BCUT2D eigenvalue weighted by molar-refractivity contribution is 5.90. The van der Waals surface area contributed by atoms with Crippen molar-refractivity contribution in [2.45, 2.75) is 81.8 Å². The number of hydrogen-bond acceptors (Lipinski definition) is 8. The predicted molar refractivity (Wildman–Crippen MR) is 144 cm³/mol. The average molecular weight is 503 g/mol. The van der Waals surface area contributed by atoms with E-state index in [0.717, 1.165) is 49.2 Å². The minimum absolute atomic E-state index is 0.00318. The van der Waals surface area contributed by atoms with Crippen LogP contribution >= 0.6 is 0 Å². The summed E-state index contributed by atoms with van der Waals surface area (Å²) in [6, 6.07) is 4.76. The molecule has 0 aromatic carbocycles. The van der Waals surface area contributed by atoms with Crippen LogP contribution in [0.3, 0.4) is 0 Å². The number of rotatable bonds is 4. The first-order valence-electron chi connectivity index (χ1n) is 14.3. The van der Waals surface area contributed by atoms with Gasteiger partial charge in [-0.15, -0.1) is 0 Å². The molecule has 9 heteroatoms. The van der Waals surface area contributed by atoms with Gasteiger partial charge in [0.05, 0.1) is 17.4 Å². The standard InChI is InChI=1S/C28H38N8O/c37-26-23-16-20-17-30-27(33-25(20)36(23)28(19-31-26)10-2-3-11-28)32-24-7-6-22(18-29-24)35-14-8-21(9-15-35)34-12-4-1-5-13-34/h6-7,17-18,21,23H,1-5,8-16,19H2,(H,31,37)(H,29,30,32,33). The first-order chi connectivity index (χ1) is 18.2. The van der Waals surface area contributed by atoms with Gasteiger partial charge >= 0.3 is 0 Å². The van der Waals surface area contributed by atoms with Crippen molar-refractivity contribution < 1.29 is 4.79 Å². The second-order valence-electron chi connectivity index (χ2n) is 11.6. The molecule has 4 fully saturated rings. The lowest BCUT2D eigenvalue weighted by Gasteiger charge is -2.47. The van der Waals surface area contributed by atoms with Gasteiger partial charge in [0, 0.05) is 43.9 Å². The van der Waals surface area contributed by atoms with Crippen molar-refractivity contribution in [3.8, 4) is 0 Å². The quantitative estimate of drug-likeness (QED) is 0.659. The predicted octanol–water partition coefficient (Wildman–Crippen LogP) is 3.24. The van der Waals surface area contributed by atoms with E-state index in [4.69, 9.17) is 9.97 Å². The molecule has 5 aliphatic rings. The minimum atomic E-state index is -0.164. The zero-order valence-corrected chi connectivity index (χ0v) is 21.7. The van der Waals surface area contributed by atoms with Gasteiger partial charge in [0.15, 0.2) is 0 Å². The molecule has 1 saturated carbocycles. The third-order valence-corrected chi connectivity index (χ3v) is 9.46. The fraction of sp³-hybridized carbons (Fsp3) is 0.643. The zero-order chi connectivity index (χ0) is 24.8. The minimum Gasteiger partial charge on any atom is -0.370 e. The summed E-state index contributed by atoms with van der Waals surface area (Å²) in [6.45, 7) is 5.46. The summed E-state index contributed by atoms with van der Waals surface area (Å²) in [6.07, 6.45) is 15.8. The number of piperazine rings is 1. The number of likely N-dealkylation sites (tertiary alicyclic amines) is 1. The molecule has 2 aromatic heterocycles. The van der Waals surface area contributed by atoms with E-state index < -0.39 is 0 Å². The molecule has 9 nitrogen and oxygen atoms in total. The SMILES string of the molecule is O=C1NCC2(CCCC2)N2c3nc(Nc4ccc(N5CCC(N6CCCCC6)CC5)cn4)ncc3CC12. The Hall–Kier alpha value is -2.94. The second-order valence-corrected chi connectivity index (χ2v) is 11.6. The van der Waals surface area contributed by atoms with E-state index in [-0.39, 0.29) is 17.5 Å². The monoisotopic (exact) mass is 502 g/mol. The number of pyridine rings is 1. The third kappa shape index (κ3) is 4.21. The Morgan fingerprint density at radius 2 is 1.76 bits per heavy atom. The maximum Gasteiger partial charge on any atom is 0.243 e. The Balaban J connectivity index is 1.03. The number of piperidine rings is 2. The number of amides is 1. The van der Waals surface area contributed by atoms with Crippen molar-refractivity contribution in [1.82, 2.24) is 25.2 Å². The fourth-order valence-electron chi connectivity index (χ4n) is 7.46. The highest BCUT2D eigenvalue weighted by Gasteiger charge is 2.52. The van der Waals surface area contributed by atoms with Crippen LogP contribution in [0.15, 0.2) is 24.5 Å². The van der Waals surface area contributed by atoms with Gasteiger partial charge in [0.25, 0.3) is 0 Å². The van der Waals surface area contributed by atoms with Gasteiger partial charge in [0.1, 0.15) is 17.7 Å². The molecule has 1 spiro atoms. The normalized spacial score (nSPS) is 25.7. The Bertz CT molecular complexity index is 1130. The van der Waals surface area contributed by atoms with Crippen LogP contribution in [-0.4, -0.2) is 76.1 Å². The fourth-order valence-corrected chi connectivity index (χ4v) is 7.46. The van der Waals surface area contributed by atoms with Crippen molar-refractivity contribution in [2.24, 2.45) is 0 Å². The van der Waals surface area contributed by atoms with Gasteiger partial charge in [0.2, 0.25) is 11.9 Å². The van der Waals surface area contributed by atoms with Crippen molar-refractivity contribution in [1.29, 1.82) is 0 Å². The highest BCUT2D eigenvalue weighted by Crippen LogP contribution is 2.45. The molecule has 4 aliphatic heterocycles. The Morgan fingerprint density at radius 3 is 2.51 bits per heavy atom. The van der Waals surface area contributed by atoms with Crippen LogP contribution in [0, 0.1) is 0 Å². The number of carbonyl (C=O) groups is 1. The molecule has 2 N–H and O–H groups in total. The van der Waals surface area contributed by atoms with E-state index in [2.05, 4.69) is 36.4 Å². The van der Waals surface area contributed by atoms with Gasteiger partial charge in [-0.3, -0.25) is 4.79 Å². The summed E-state index contributed by atoms with van der Waals surface area (Å²) in [7, 11) is 0. The van der Waals surface area contributed by atoms with Crippen molar-refractivity contribution >= 4 is 29.2 Å². The molecule has 2 aromatic rings. The van der Waals surface area contributed by atoms with Gasteiger partial charge < -0.3 is 25.3 Å². The Labute approximate surface area is 219 Å². The molecule has 1 aliphatic carbocycles. The second kappa shape index (κ2) is 9.42. The molecule has 6 heterocycles. The summed E-state index contributed by atoms with van der Waals surface area (Å²) in [4.78, 5) is 34.4. The zero-order valence-electron chi connectivity index (χ0n) is 21.7. The van der Waals surface area contributed by atoms with Crippen LogP contribution in [0.4, 0.5) is 23.3 Å². The number of hydrogen-bond donors (Lipinski definition) is 2. The van der Waals surface area contributed by atoms with E-state index in [9.17, 15) is 4.79 Å². The molecule has 0 bridgehead atoms. The molecular formula is C28H38N8O. The number of aromatic nitrogens is 3. The van der Waals surface area contributed by atoms with Crippen LogP contribution in [0.5, 0.6) is 0 Å². The van der Waals surface area contributed by atoms with Crippen LogP contribution < -0.4 is 20.4 Å². The third-order valence-electron chi connectivity index (χ3n) is 9.46. The topological polar surface area (TPSA) is 89.5 Å². The smallest absolute Gasteiger partial charge is 0.243 e. The summed E-state index contributed by atoms with van der Waals surface area (Å²) in [5.74, 6) is 2.32. The molecule has 196 valence electrons. The lowest BCUT2D eigenvalue weighted by Crippen LogP contribution is -2.66. The molecule has 1 atom stereocenters. The first-order valence-corrected chi connectivity index (χ1v) is 14.3. The number of fused-ring (bicyclic) bond motifs is 4. The lowest BCUT2D eigenvalue weighted by atomic mass is 9.90. The number of anilines is 4. The highest BCUT2D eigenvalue weighted by atomic mass is 16.2. The van der Waals surface area contributed by atoms with Gasteiger partial charge in [-0.05, 0) is 63.7 Å². The van der Waals surface area contributed by atoms with Crippen LogP contribution in [0.25, 0.3) is 0 Å². The van der Waals surface area contributed by atoms with E-state index in [1.165, 1.54) is 63.7 Å². The first kappa shape index (κ1) is 23.2. The Morgan fingerprint density at radius 1 is 0.946 bits per heavy atom. The van der Waals surface area contributed by atoms with Crippen LogP contribution in [0.1, 0.15) is 63.4 Å². The summed E-state index contributed by atoms with van der Waals surface area (Å²) >= 11 is 0. The number of carbonyl (C=O) groups excluding carboxylic acids is 1. The molecule has 7 rings (SSSR count).